The average molecular weight is 180 g/mol. The molecule has 0 fully saturated rings. The maximum atomic E-state index is 11.1. The Labute approximate surface area is 76.3 Å². The van der Waals surface area contributed by atoms with Gasteiger partial charge < -0.3 is 5.32 Å². The van der Waals surface area contributed by atoms with Gasteiger partial charge in [-0.1, -0.05) is 6.08 Å². The Balaban J connectivity index is 2.46. The van der Waals surface area contributed by atoms with E-state index in [0.29, 0.717) is 12.2 Å². The molecular weight excluding hydrogens is 168 g/mol. The van der Waals surface area contributed by atoms with Crippen molar-refractivity contribution in [2.45, 2.75) is 19.4 Å². The second-order valence-corrected chi connectivity index (χ2v) is 2.65. The summed E-state index contributed by atoms with van der Waals surface area (Å²) in [4.78, 5) is 15.0. The predicted octanol–water partition coefficient (Wildman–Crippen LogP) is 0.558. The van der Waals surface area contributed by atoms with E-state index >= 15 is 0 Å². The lowest BCUT2D eigenvalue weighted by molar-refractivity contribution is -0.120. The minimum Gasteiger partial charge on any atom is -0.346 e. The fourth-order valence-electron chi connectivity index (χ4n) is 0.923. The summed E-state index contributed by atoms with van der Waals surface area (Å²) in [6.07, 6.45) is 3.28. The largest absolute Gasteiger partial charge is 0.346 e. The molecule has 0 aliphatic heterocycles. The van der Waals surface area contributed by atoms with E-state index in [4.69, 9.17) is 0 Å². The van der Waals surface area contributed by atoms with Crippen LogP contribution in [0.15, 0.2) is 19.0 Å². The molecule has 1 heterocycles. The van der Waals surface area contributed by atoms with Crippen molar-refractivity contribution in [1.82, 2.24) is 20.5 Å². The molecule has 1 aromatic rings. The monoisotopic (exact) mass is 180 g/mol. The number of carbonyl (C=O) groups is 1. The number of carbonyl (C=O) groups excluding carboxylic acids is 1. The first kappa shape index (κ1) is 9.44. The smallest absolute Gasteiger partial charge is 0.224 e. The second kappa shape index (κ2) is 4.39. The molecule has 13 heavy (non-hydrogen) atoms. The van der Waals surface area contributed by atoms with Crippen molar-refractivity contribution in [3.05, 3.63) is 24.8 Å². The van der Waals surface area contributed by atoms with Crippen LogP contribution >= 0.6 is 0 Å². The van der Waals surface area contributed by atoms with Gasteiger partial charge in [0.25, 0.3) is 0 Å². The zero-order valence-corrected chi connectivity index (χ0v) is 7.45. The van der Waals surface area contributed by atoms with Crippen molar-refractivity contribution in [1.29, 1.82) is 0 Å². The maximum Gasteiger partial charge on any atom is 0.224 e. The molecule has 0 saturated heterocycles. The van der Waals surface area contributed by atoms with E-state index in [0.717, 1.165) is 0 Å². The third-order valence-corrected chi connectivity index (χ3v) is 1.55. The highest BCUT2D eigenvalue weighted by Gasteiger charge is 2.09. The quantitative estimate of drug-likeness (QED) is 0.665. The van der Waals surface area contributed by atoms with E-state index in [-0.39, 0.29) is 11.9 Å². The summed E-state index contributed by atoms with van der Waals surface area (Å²) in [5.74, 6) is 0.580. The summed E-state index contributed by atoms with van der Waals surface area (Å²) in [6.45, 7) is 5.31. The fourth-order valence-corrected chi connectivity index (χ4v) is 0.923. The van der Waals surface area contributed by atoms with Crippen LogP contribution in [0.5, 0.6) is 0 Å². The molecule has 0 bridgehead atoms. The number of H-pyrrole nitrogens is 1. The highest BCUT2D eigenvalue weighted by Crippen LogP contribution is 2.03. The van der Waals surface area contributed by atoms with Gasteiger partial charge in [0.05, 0.1) is 6.04 Å². The van der Waals surface area contributed by atoms with Gasteiger partial charge in [-0.25, -0.2) is 4.98 Å². The van der Waals surface area contributed by atoms with E-state index in [1.54, 1.807) is 6.08 Å². The molecule has 0 saturated carbocycles. The molecule has 1 aromatic heterocycles. The van der Waals surface area contributed by atoms with Gasteiger partial charge in [-0.05, 0) is 6.92 Å². The molecule has 0 aromatic carbocycles. The van der Waals surface area contributed by atoms with Crippen LogP contribution in [0.1, 0.15) is 25.2 Å². The predicted molar refractivity (Wildman–Crippen MR) is 47.8 cm³/mol. The van der Waals surface area contributed by atoms with Gasteiger partial charge in [-0.2, -0.15) is 5.10 Å². The van der Waals surface area contributed by atoms with Crippen molar-refractivity contribution in [2.75, 3.05) is 0 Å². The van der Waals surface area contributed by atoms with Gasteiger partial charge >= 0.3 is 0 Å². The number of nitrogens with zero attached hydrogens (tertiary/aromatic N) is 2. The van der Waals surface area contributed by atoms with Crippen molar-refractivity contribution < 1.29 is 4.79 Å². The van der Waals surface area contributed by atoms with Crippen LogP contribution in [0.4, 0.5) is 0 Å². The van der Waals surface area contributed by atoms with E-state index < -0.39 is 0 Å². The molecule has 0 radical (unpaired) electrons. The van der Waals surface area contributed by atoms with Crippen LogP contribution in [-0.2, 0) is 4.79 Å². The zero-order valence-electron chi connectivity index (χ0n) is 7.45. The minimum absolute atomic E-state index is 0.0705. The number of hydrogen-bond donors (Lipinski definition) is 2. The van der Waals surface area contributed by atoms with Crippen LogP contribution in [0, 0.1) is 0 Å². The molecule has 1 rings (SSSR count). The van der Waals surface area contributed by atoms with E-state index in [9.17, 15) is 4.79 Å². The Morgan fingerprint density at radius 1 is 1.92 bits per heavy atom. The Morgan fingerprint density at radius 3 is 3.23 bits per heavy atom. The van der Waals surface area contributed by atoms with E-state index in [1.807, 2.05) is 6.92 Å². The number of aromatic nitrogens is 3. The summed E-state index contributed by atoms with van der Waals surface area (Å²) < 4.78 is 0. The Bertz CT molecular complexity index is 280. The average Bonchev–Trinajstić information content (AvgIpc) is 2.55. The molecule has 70 valence electrons. The normalized spacial score (nSPS) is 12.1. The lowest BCUT2D eigenvalue weighted by Crippen LogP contribution is -2.26. The van der Waals surface area contributed by atoms with Gasteiger partial charge in [0.2, 0.25) is 5.91 Å². The molecule has 0 aliphatic carbocycles. The number of aromatic amines is 1. The number of amides is 1. The van der Waals surface area contributed by atoms with Gasteiger partial charge in [0.15, 0.2) is 0 Å². The minimum atomic E-state index is -0.144. The molecular formula is C8H12N4O. The van der Waals surface area contributed by atoms with Crippen molar-refractivity contribution in [3.8, 4) is 0 Å². The van der Waals surface area contributed by atoms with E-state index in [2.05, 4.69) is 27.1 Å². The summed E-state index contributed by atoms with van der Waals surface area (Å²) >= 11 is 0. The first-order valence-corrected chi connectivity index (χ1v) is 3.99. The van der Waals surface area contributed by atoms with Gasteiger partial charge in [-0.15, -0.1) is 6.58 Å². The lowest BCUT2D eigenvalue weighted by atomic mass is 10.3. The third kappa shape index (κ3) is 2.70. The van der Waals surface area contributed by atoms with Crippen LogP contribution in [0.25, 0.3) is 0 Å². The van der Waals surface area contributed by atoms with Gasteiger partial charge in [-0.3, -0.25) is 9.89 Å². The van der Waals surface area contributed by atoms with Gasteiger partial charge in [0, 0.05) is 6.42 Å². The fraction of sp³-hybridized carbons (Fsp3) is 0.375. The summed E-state index contributed by atoms with van der Waals surface area (Å²) in [7, 11) is 0. The topological polar surface area (TPSA) is 70.7 Å². The highest BCUT2D eigenvalue weighted by atomic mass is 16.1. The van der Waals surface area contributed by atoms with Crippen LogP contribution < -0.4 is 5.32 Å². The zero-order chi connectivity index (χ0) is 9.68. The lowest BCUT2D eigenvalue weighted by Gasteiger charge is -2.09. The standard InChI is InChI=1S/C8H12N4O/c1-3-4-7(13)11-6(2)8-9-5-10-12-8/h3,5-6H,1,4H2,2H3,(H,11,13)(H,9,10,12). The molecule has 2 N–H and O–H groups in total. The molecule has 1 unspecified atom stereocenters. The molecule has 0 spiro atoms. The second-order valence-electron chi connectivity index (χ2n) is 2.65. The number of rotatable bonds is 4. The van der Waals surface area contributed by atoms with Gasteiger partial charge in [0.1, 0.15) is 12.2 Å². The number of hydrogen-bond acceptors (Lipinski definition) is 3. The molecule has 5 nitrogen and oxygen atoms in total. The summed E-state index contributed by atoms with van der Waals surface area (Å²) in [6, 6.07) is -0.144. The van der Waals surface area contributed by atoms with Crippen molar-refractivity contribution >= 4 is 5.91 Å². The molecule has 5 heteroatoms. The first-order valence-electron chi connectivity index (χ1n) is 3.99. The number of nitrogens with one attached hydrogen (secondary N) is 2. The molecule has 0 aliphatic rings. The Morgan fingerprint density at radius 2 is 2.69 bits per heavy atom. The maximum absolute atomic E-state index is 11.1. The van der Waals surface area contributed by atoms with Crippen LogP contribution in [0.3, 0.4) is 0 Å². The summed E-state index contributed by atoms with van der Waals surface area (Å²) in [5.41, 5.74) is 0. The SMILES string of the molecule is C=CCC(=O)NC(C)c1ncn[nH]1. The molecule has 1 amide bonds. The summed E-state index contributed by atoms with van der Waals surface area (Å²) in [5, 5.41) is 9.11. The van der Waals surface area contributed by atoms with Crippen LogP contribution in [0.2, 0.25) is 0 Å². The highest BCUT2D eigenvalue weighted by molar-refractivity contribution is 5.77. The van der Waals surface area contributed by atoms with Crippen molar-refractivity contribution in [3.63, 3.8) is 0 Å². The Hall–Kier alpha value is -1.65. The van der Waals surface area contributed by atoms with Crippen molar-refractivity contribution in [2.24, 2.45) is 0 Å². The molecule has 1 atom stereocenters. The van der Waals surface area contributed by atoms with E-state index in [1.165, 1.54) is 6.33 Å². The Kier molecular flexibility index (Phi) is 3.19. The van der Waals surface area contributed by atoms with Crippen LogP contribution in [-0.4, -0.2) is 21.1 Å². The first-order chi connectivity index (χ1) is 6.24. The third-order valence-electron chi connectivity index (χ3n) is 1.55.